The van der Waals surface area contributed by atoms with Gasteiger partial charge in [0.15, 0.2) is 0 Å². The summed E-state index contributed by atoms with van der Waals surface area (Å²) in [7, 11) is 0. The van der Waals surface area contributed by atoms with Gasteiger partial charge in [0.2, 0.25) is 5.91 Å². The van der Waals surface area contributed by atoms with Gasteiger partial charge in [0.1, 0.15) is 6.61 Å². The van der Waals surface area contributed by atoms with Gasteiger partial charge in [0.05, 0.1) is 22.9 Å². The van der Waals surface area contributed by atoms with Crippen molar-refractivity contribution in [2.24, 2.45) is 0 Å². The van der Waals surface area contributed by atoms with Gasteiger partial charge in [-0.2, -0.15) is 0 Å². The molecule has 8 heteroatoms. The molecule has 0 saturated heterocycles. The first-order valence-corrected chi connectivity index (χ1v) is 11.1. The first-order chi connectivity index (χ1) is 16.5. The summed E-state index contributed by atoms with van der Waals surface area (Å²) in [5, 5.41) is 16.8. The number of fused-ring (bicyclic) bond motifs is 3. The Morgan fingerprint density at radius 2 is 1.56 bits per heavy atom. The summed E-state index contributed by atoms with van der Waals surface area (Å²) in [6, 6.07) is 21.1. The number of hydrogen-bond acceptors (Lipinski definition) is 5. The van der Waals surface area contributed by atoms with Crippen LogP contribution in [0.1, 0.15) is 42.0 Å². The van der Waals surface area contributed by atoms with Crippen LogP contribution in [-0.4, -0.2) is 30.1 Å². The molecule has 0 saturated carbocycles. The Labute approximate surface area is 197 Å². The predicted molar refractivity (Wildman–Crippen MR) is 127 cm³/mol. The number of rotatable bonds is 8. The predicted octanol–water partition coefficient (Wildman–Crippen LogP) is 4.70. The molecule has 0 aromatic heterocycles. The van der Waals surface area contributed by atoms with Crippen LogP contribution in [0, 0.1) is 10.1 Å². The molecule has 1 aliphatic carbocycles. The topological polar surface area (TPSA) is 111 Å². The van der Waals surface area contributed by atoms with Crippen molar-refractivity contribution in [3.8, 4) is 11.1 Å². The number of ether oxygens (including phenoxy) is 1. The van der Waals surface area contributed by atoms with E-state index in [0.29, 0.717) is 6.54 Å². The van der Waals surface area contributed by atoms with Crippen LogP contribution in [0.15, 0.2) is 72.8 Å². The molecule has 8 nitrogen and oxygen atoms in total. The zero-order valence-corrected chi connectivity index (χ0v) is 18.7. The lowest BCUT2D eigenvalue weighted by Crippen LogP contribution is -2.35. The molecule has 1 unspecified atom stereocenters. The smallest absolute Gasteiger partial charge is 0.407 e. The summed E-state index contributed by atoms with van der Waals surface area (Å²) < 4.78 is 5.58. The van der Waals surface area contributed by atoms with Crippen molar-refractivity contribution in [2.75, 3.05) is 13.2 Å². The number of carbonyl (C=O) groups excluding carboxylic acids is 2. The molecule has 174 valence electrons. The molecule has 0 bridgehead atoms. The number of carbonyl (C=O) groups is 2. The molecule has 34 heavy (non-hydrogen) atoms. The maximum absolute atomic E-state index is 12.8. The third kappa shape index (κ3) is 4.76. The Bertz CT molecular complexity index is 1180. The lowest BCUT2D eigenvalue weighted by molar-refractivity contribution is -0.385. The van der Waals surface area contributed by atoms with Crippen LogP contribution >= 0.6 is 0 Å². The molecular formula is C26H25N3O5. The number of para-hydroxylation sites is 1. The Balaban J connectivity index is 1.52. The van der Waals surface area contributed by atoms with Gasteiger partial charge in [-0.1, -0.05) is 66.7 Å². The minimum Gasteiger partial charge on any atom is -0.449 e. The minimum absolute atomic E-state index is 0.102. The van der Waals surface area contributed by atoms with Crippen LogP contribution in [0.4, 0.5) is 10.5 Å². The van der Waals surface area contributed by atoms with Gasteiger partial charge < -0.3 is 15.4 Å². The minimum atomic E-state index is -0.913. The van der Waals surface area contributed by atoms with Gasteiger partial charge >= 0.3 is 6.09 Å². The number of nitrogens with one attached hydrogen (secondary N) is 2. The second-order valence-corrected chi connectivity index (χ2v) is 8.00. The van der Waals surface area contributed by atoms with E-state index >= 15 is 0 Å². The van der Waals surface area contributed by atoms with Crippen molar-refractivity contribution >= 4 is 17.7 Å². The second-order valence-electron chi connectivity index (χ2n) is 8.00. The van der Waals surface area contributed by atoms with E-state index in [-0.39, 0.29) is 36.1 Å². The lowest BCUT2D eigenvalue weighted by Gasteiger charge is -2.20. The highest BCUT2D eigenvalue weighted by Gasteiger charge is 2.30. The summed E-state index contributed by atoms with van der Waals surface area (Å²) in [6.45, 7) is 2.29. The molecule has 2 amide bonds. The van der Waals surface area contributed by atoms with Gasteiger partial charge in [0.25, 0.3) is 5.69 Å². The average Bonchev–Trinajstić information content (AvgIpc) is 3.16. The summed E-state index contributed by atoms with van der Waals surface area (Å²) in [5.74, 6) is -0.448. The standard InChI is InChI=1S/C26H25N3O5/c1-2-27-25(30)15-23(21-13-7-8-14-24(21)29(32)33)28-26(31)34-16-22-19-11-5-3-9-17(19)18-10-4-6-12-20(18)22/h3-14,22-23H,2,15-16H2,1H3,(H,27,30)(H,28,31). The van der Waals surface area contributed by atoms with Gasteiger partial charge in [-0.25, -0.2) is 4.79 Å². The Kier molecular flexibility index (Phi) is 6.87. The van der Waals surface area contributed by atoms with E-state index in [1.807, 2.05) is 48.5 Å². The quantitative estimate of drug-likeness (QED) is 0.375. The number of hydrogen-bond donors (Lipinski definition) is 2. The van der Waals surface area contributed by atoms with E-state index in [1.54, 1.807) is 13.0 Å². The molecule has 0 spiro atoms. The molecular weight excluding hydrogens is 434 g/mol. The van der Waals surface area contributed by atoms with Crippen LogP contribution in [0.5, 0.6) is 0 Å². The molecule has 0 aliphatic heterocycles. The molecule has 0 radical (unpaired) electrons. The fraction of sp³-hybridized carbons (Fsp3) is 0.231. The lowest BCUT2D eigenvalue weighted by atomic mass is 9.98. The van der Waals surface area contributed by atoms with Gasteiger partial charge in [-0.05, 0) is 29.2 Å². The number of nitrogens with zero attached hydrogens (tertiary/aromatic N) is 1. The average molecular weight is 460 g/mol. The highest BCUT2D eigenvalue weighted by atomic mass is 16.6. The summed E-state index contributed by atoms with van der Waals surface area (Å²) in [5.41, 5.74) is 4.45. The van der Waals surface area contributed by atoms with Crippen LogP contribution in [-0.2, 0) is 9.53 Å². The van der Waals surface area contributed by atoms with E-state index in [0.717, 1.165) is 22.3 Å². The fourth-order valence-corrected chi connectivity index (χ4v) is 4.42. The summed E-state index contributed by atoms with van der Waals surface area (Å²) >= 11 is 0. The zero-order chi connectivity index (χ0) is 24.1. The molecule has 0 fully saturated rings. The maximum Gasteiger partial charge on any atom is 0.407 e. The number of alkyl carbamates (subject to hydrolysis) is 1. The number of amides is 2. The molecule has 1 atom stereocenters. The van der Waals surface area contributed by atoms with Crippen molar-refractivity contribution in [3.63, 3.8) is 0 Å². The molecule has 2 N–H and O–H groups in total. The molecule has 0 heterocycles. The highest BCUT2D eigenvalue weighted by Crippen LogP contribution is 2.44. The van der Waals surface area contributed by atoms with Crippen LogP contribution < -0.4 is 10.6 Å². The first-order valence-electron chi connectivity index (χ1n) is 11.1. The number of nitro groups is 1. The van der Waals surface area contributed by atoms with Crippen molar-refractivity contribution in [1.82, 2.24) is 10.6 Å². The van der Waals surface area contributed by atoms with Gasteiger partial charge in [0, 0.05) is 18.5 Å². The molecule has 3 aromatic carbocycles. The van der Waals surface area contributed by atoms with E-state index in [9.17, 15) is 19.7 Å². The second kappa shape index (κ2) is 10.2. The van der Waals surface area contributed by atoms with E-state index in [4.69, 9.17) is 4.74 Å². The van der Waals surface area contributed by atoms with Crippen molar-refractivity contribution in [3.05, 3.63) is 99.6 Å². The summed E-state index contributed by atoms with van der Waals surface area (Å²) in [6.07, 6.45) is -0.891. The Morgan fingerprint density at radius 1 is 0.971 bits per heavy atom. The zero-order valence-electron chi connectivity index (χ0n) is 18.7. The number of nitro benzene ring substituents is 1. The highest BCUT2D eigenvalue weighted by molar-refractivity contribution is 5.80. The van der Waals surface area contributed by atoms with E-state index in [2.05, 4.69) is 10.6 Å². The Hall–Kier alpha value is -4.20. The van der Waals surface area contributed by atoms with E-state index < -0.39 is 17.1 Å². The third-order valence-electron chi connectivity index (χ3n) is 5.91. The SMILES string of the molecule is CCNC(=O)CC(NC(=O)OCC1c2ccccc2-c2ccccc21)c1ccccc1[N+](=O)[O-]. The van der Waals surface area contributed by atoms with Crippen LogP contribution in [0.3, 0.4) is 0 Å². The third-order valence-corrected chi connectivity index (χ3v) is 5.91. The molecule has 4 rings (SSSR count). The molecule has 3 aromatic rings. The van der Waals surface area contributed by atoms with Crippen molar-refractivity contribution < 1.29 is 19.2 Å². The maximum atomic E-state index is 12.8. The summed E-state index contributed by atoms with van der Waals surface area (Å²) in [4.78, 5) is 36.0. The largest absolute Gasteiger partial charge is 0.449 e. The normalized spacial score (nSPS) is 12.9. The van der Waals surface area contributed by atoms with Crippen molar-refractivity contribution in [1.29, 1.82) is 0 Å². The van der Waals surface area contributed by atoms with Crippen LogP contribution in [0.25, 0.3) is 11.1 Å². The fourth-order valence-electron chi connectivity index (χ4n) is 4.42. The first kappa shape index (κ1) is 23.0. The Morgan fingerprint density at radius 3 is 2.18 bits per heavy atom. The van der Waals surface area contributed by atoms with Gasteiger partial charge in [-0.15, -0.1) is 0 Å². The van der Waals surface area contributed by atoms with Crippen molar-refractivity contribution in [2.45, 2.75) is 25.3 Å². The van der Waals surface area contributed by atoms with Crippen LogP contribution in [0.2, 0.25) is 0 Å². The monoisotopic (exact) mass is 459 g/mol. The molecule has 1 aliphatic rings. The van der Waals surface area contributed by atoms with E-state index in [1.165, 1.54) is 18.2 Å². The number of benzene rings is 3. The van der Waals surface area contributed by atoms with Gasteiger partial charge in [-0.3, -0.25) is 14.9 Å².